The Bertz CT molecular complexity index is 698. The molecule has 1 aliphatic heterocycles. The lowest BCUT2D eigenvalue weighted by atomic mass is 10.2. The lowest BCUT2D eigenvalue weighted by Gasteiger charge is -2.17. The minimum atomic E-state index is 0.0786. The van der Waals surface area contributed by atoms with Crippen LogP contribution in [0.3, 0.4) is 0 Å². The van der Waals surface area contributed by atoms with Crippen molar-refractivity contribution in [3.05, 3.63) is 51.2 Å². The van der Waals surface area contributed by atoms with E-state index in [0.717, 1.165) is 54.5 Å². The lowest BCUT2D eigenvalue weighted by molar-refractivity contribution is -0.132. The Kier molecular flexibility index (Phi) is 6.73. The van der Waals surface area contributed by atoms with Gasteiger partial charge in [-0.3, -0.25) is 4.79 Å². The molecule has 6 heteroatoms. The van der Waals surface area contributed by atoms with Crippen LogP contribution >= 0.6 is 22.9 Å². The summed E-state index contributed by atoms with van der Waals surface area (Å²) in [6.45, 7) is 3.42. The minimum Gasteiger partial charge on any atom is -0.483 e. The van der Waals surface area contributed by atoms with E-state index >= 15 is 0 Å². The van der Waals surface area contributed by atoms with Gasteiger partial charge >= 0.3 is 0 Å². The fourth-order valence-corrected chi connectivity index (χ4v) is 4.00. The molecule has 0 saturated carbocycles. The lowest BCUT2D eigenvalue weighted by Crippen LogP contribution is -2.32. The second-order valence-electron chi connectivity index (χ2n) is 6.12. The molecule has 0 unspecified atom stereocenters. The Morgan fingerprint density at radius 1 is 1.20 bits per heavy atom. The summed E-state index contributed by atoms with van der Waals surface area (Å²) in [4.78, 5) is 15.3. The first kappa shape index (κ1) is 18.2. The number of carbonyl (C=O) groups is 1. The number of halogens is 1. The van der Waals surface area contributed by atoms with Crippen LogP contribution in [0.5, 0.6) is 5.75 Å². The number of rotatable bonds is 8. The van der Waals surface area contributed by atoms with E-state index in [9.17, 15) is 4.79 Å². The van der Waals surface area contributed by atoms with E-state index in [1.54, 1.807) is 11.3 Å². The van der Waals surface area contributed by atoms with Gasteiger partial charge in [-0.15, -0.1) is 11.3 Å². The van der Waals surface area contributed by atoms with Crippen molar-refractivity contribution >= 4 is 28.8 Å². The molecular weight excluding hydrogens is 356 g/mol. The zero-order chi connectivity index (χ0) is 17.5. The average Bonchev–Trinajstić information content (AvgIpc) is 3.29. The van der Waals surface area contributed by atoms with Crippen LogP contribution in [0.4, 0.5) is 0 Å². The Hall–Kier alpha value is -1.56. The Morgan fingerprint density at radius 2 is 2.00 bits per heavy atom. The number of likely N-dealkylation sites (tertiary alicyclic amines) is 1. The summed E-state index contributed by atoms with van der Waals surface area (Å²) in [6, 6.07) is 11.9. The largest absolute Gasteiger partial charge is 0.483 e. The number of benzene rings is 1. The minimum absolute atomic E-state index is 0.0786. The van der Waals surface area contributed by atoms with Crippen LogP contribution in [-0.2, 0) is 17.8 Å². The number of hydrogen-bond donors (Lipinski definition) is 1. The number of carbonyl (C=O) groups excluding carboxylic acids is 1. The van der Waals surface area contributed by atoms with Gasteiger partial charge in [0, 0.05) is 36.6 Å². The van der Waals surface area contributed by atoms with E-state index < -0.39 is 0 Å². The van der Waals surface area contributed by atoms with E-state index in [-0.39, 0.29) is 12.5 Å². The van der Waals surface area contributed by atoms with E-state index in [4.69, 9.17) is 16.3 Å². The number of nitrogens with one attached hydrogen (secondary N) is 1. The molecule has 0 atom stereocenters. The highest BCUT2D eigenvalue weighted by Crippen LogP contribution is 2.22. The van der Waals surface area contributed by atoms with Crippen molar-refractivity contribution in [2.75, 3.05) is 26.2 Å². The zero-order valence-electron chi connectivity index (χ0n) is 14.2. The second-order valence-corrected chi connectivity index (χ2v) is 7.92. The molecule has 1 fully saturated rings. The summed E-state index contributed by atoms with van der Waals surface area (Å²) in [5.41, 5.74) is 1.07. The molecule has 4 nitrogen and oxygen atoms in total. The summed E-state index contributed by atoms with van der Waals surface area (Å²) in [7, 11) is 0. The highest BCUT2D eigenvalue weighted by molar-refractivity contribution is 7.16. The highest BCUT2D eigenvalue weighted by Gasteiger charge is 2.18. The molecule has 1 aromatic heterocycles. The molecule has 0 radical (unpaired) electrons. The first-order valence-electron chi connectivity index (χ1n) is 8.66. The number of hydrogen-bond acceptors (Lipinski definition) is 4. The quantitative estimate of drug-likeness (QED) is 0.711. The third-order valence-electron chi connectivity index (χ3n) is 4.28. The maximum absolute atomic E-state index is 12.1. The average molecular weight is 379 g/mol. The maximum atomic E-state index is 12.1. The van der Waals surface area contributed by atoms with Crippen LogP contribution in [0, 0.1) is 0 Å². The van der Waals surface area contributed by atoms with Crippen molar-refractivity contribution in [1.29, 1.82) is 0 Å². The Morgan fingerprint density at radius 3 is 2.76 bits per heavy atom. The van der Waals surface area contributed by atoms with Gasteiger partial charge in [-0.2, -0.15) is 0 Å². The van der Waals surface area contributed by atoms with Crippen LogP contribution in [0.15, 0.2) is 36.4 Å². The fourth-order valence-electron chi connectivity index (χ4n) is 2.91. The number of amides is 1. The molecule has 1 N–H and O–H groups in total. The third-order valence-corrected chi connectivity index (χ3v) is 5.57. The summed E-state index contributed by atoms with van der Waals surface area (Å²) < 4.78 is 6.61. The van der Waals surface area contributed by atoms with Crippen molar-refractivity contribution in [3.63, 3.8) is 0 Å². The molecule has 3 rings (SSSR count). The van der Waals surface area contributed by atoms with Gasteiger partial charge in [0.25, 0.3) is 5.91 Å². The molecule has 25 heavy (non-hydrogen) atoms. The van der Waals surface area contributed by atoms with Crippen LogP contribution in [0.1, 0.15) is 23.3 Å². The fraction of sp³-hybridized carbons (Fsp3) is 0.421. The molecule has 0 aliphatic carbocycles. The van der Waals surface area contributed by atoms with Crippen molar-refractivity contribution in [2.45, 2.75) is 25.8 Å². The normalized spacial score (nSPS) is 14.0. The van der Waals surface area contributed by atoms with Gasteiger partial charge in [-0.1, -0.05) is 29.8 Å². The molecule has 1 amide bonds. The van der Waals surface area contributed by atoms with E-state index in [2.05, 4.69) is 11.4 Å². The van der Waals surface area contributed by atoms with Gasteiger partial charge in [0.2, 0.25) is 0 Å². The molecule has 0 spiro atoms. The van der Waals surface area contributed by atoms with Crippen molar-refractivity contribution in [1.82, 2.24) is 10.2 Å². The maximum Gasteiger partial charge on any atom is 0.260 e. The summed E-state index contributed by atoms with van der Waals surface area (Å²) in [5, 5.41) is 3.43. The number of nitrogens with zero attached hydrogens (tertiary/aromatic N) is 1. The summed E-state index contributed by atoms with van der Waals surface area (Å²) in [5.74, 6) is 0.858. The smallest absolute Gasteiger partial charge is 0.260 e. The molecule has 0 bridgehead atoms. The summed E-state index contributed by atoms with van der Waals surface area (Å²) in [6.07, 6.45) is 3.15. The molecule has 134 valence electrons. The van der Waals surface area contributed by atoms with Gasteiger partial charge in [0.05, 0.1) is 4.34 Å². The molecule has 1 saturated heterocycles. The Labute approximate surface area is 157 Å². The molecule has 1 aromatic carbocycles. The van der Waals surface area contributed by atoms with Crippen LogP contribution in [0.2, 0.25) is 4.34 Å². The molecule has 2 heterocycles. The van der Waals surface area contributed by atoms with Crippen LogP contribution < -0.4 is 10.1 Å². The van der Waals surface area contributed by atoms with E-state index in [0.29, 0.717) is 6.54 Å². The zero-order valence-corrected chi connectivity index (χ0v) is 15.7. The van der Waals surface area contributed by atoms with Gasteiger partial charge in [-0.25, -0.2) is 0 Å². The van der Waals surface area contributed by atoms with Crippen molar-refractivity contribution in [3.8, 4) is 5.75 Å². The summed E-state index contributed by atoms with van der Waals surface area (Å²) >= 11 is 7.57. The number of ether oxygens (including phenoxy) is 1. The van der Waals surface area contributed by atoms with Crippen molar-refractivity contribution < 1.29 is 9.53 Å². The van der Waals surface area contributed by atoms with Gasteiger partial charge in [-0.05, 0) is 37.5 Å². The van der Waals surface area contributed by atoms with Gasteiger partial charge < -0.3 is 15.0 Å². The van der Waals surface area contributed by atoms with E-state index in [1.807, 2.05) is 35.2 Å². The highest BCUT2D eigenvalue weighted by atomic mass is 35.5. The predicted octanol–water partition coefficient (Wildman–Crippen LogP) is 3.74. The van der Waals surface area contributed by atoms with Gasteiger partial charge in [0.15, 0.2) is 6.61 Å². The van der Waals surface area contributed by atoms with Crippen LogP contribution in [-0.4, -0.2) is 37.0 Å². The predicted molar refractivity (Wildman–Crippen MR) is 102 cm³/mol. The SMILES string of the molecule is O=C(COc1ccccc1CNCCc1ccc(Cl)s1)N1CCCC1. The number of thiophene rings is 1. The van der Waals surface area contributed by atoms with Gasteiger partial charge in [0.1, 0.15) is 5.75 Å². The molecule has 2 aromatic rings. The first-order chi connectivity index (χ1) is 12.2. The second kappa shape index (κ2) is 9.22. The Balaban J connectivity index is 1.45. The first-order valence-corrected chi connectivity index (χ1v) is 9.85. The van der Waals surface area contributed by atoms with Crippen molar-refractivity contribution in [2.24, 2.45) is 0 Å². The topological polar surface area (TPSA) is 41.6 Å². The molecular formula is C19H23ClN2O2S. The molecule has 1 aliphatic rings. The van der Waals surface area contributed by atoms with E-state index in [1.165, 1.54) is 4.88 Å². The number of para-hydroxylation sites is 1. The van der Waals surface area contributed by atoms with Crippen LogP contribution in [0.25, 0.3) is 0 Å². The third kappa shape index (κ3) is 5.46. The monoisotopic (exact) mass is 378 g/mol. The standard InChI is InChI=1S/C19H23ClN2O2S/c20-18-8-7-16(25-18)9-10-21-13-15-5-1-2-6-17(15)24-14-19(23)22-11-3-4-12-22/h1-2,5-8,21H,3-4,9-14H2.